The first-order chi connectivity index (χ1) is 7.54. The van der Waals surface area contributed by atoms with Crippen LogP contribution in [0.3, 0.4) is 0 Å². The number of Topliss-reactive ketones (excluding diaryl/α,β-unsaturated/α-hetero) is 1. The predicted octanol–water partition coefficient (Wildman–Crippen LogP) is 0.766. The van der Waals surface area contributed by atoms with Gasteiger partial charge in [0.2, 0.25) is 5.91 Å². The number of amides is 1. The minimum atomic E-state index is 0.107. The highest BCUT2D eigenvalue weighted by molar-refractivity contribution is 5.82. The molecule has 0 unspecified atom stereocenters. The highest BCUT2D eigenvalue weighted by Crippen LogP contribution is 2.05. The van der Waals surface area contributed by atoms with Gasteiger partial charge in [-0.15, -0.1) is 0 Å². The predicted molar refractivity (Wildman–Crippen MR) is 63.2 cm³/mol. The fourth-order valence-corrected chi connectivity index (χ4v) is 1.78. The number of nitrogens with zero attached hydrogens (tertiary/aromatic N) is 2. The van der Waals surface area contributed by atoms with Crippen LogP contribution in [0.1, 0.15) is 27.2 Å². The summed E-state index contributed by atoms with van der Waals surface area (Å²) in [6.45, 7) is 9.45. The molecule has 1 rings (SSSR count). The molecule has 1 heterocycles. The summed E-state index contributed by atoms with van der Waals surface area (Å²) in [6, 6.07) is 0. The normalized spacial score (nSPS) is 17.9. The quantitative estimate of drug-likeness (QED) is 0.711. The van der Waals surface area contributed by atoms with E-state index in [1.54, 1.807) is 0 Å². The van der Waals surface area contributed by atoms with Crippen molar-refractivity contribution < 1.29 is 9.59 Å². The van der Waals surface area contributed by atoms with Crippen molar-refractivity contribution in [3.8, 4) is 0 Å². The molecule has 0 radical (unpaired) electrons. The van der Waals surface area contributed by atoms with Crippen molar-refractivity contribution in [1.29, 1.82) is 0 Å². The van der Waals surface area contributed by atoms with Crippen molar-refractivity contribution in [3.63, 3.8) is 0 Å². The third-order valence-corrected chi connectivity index (χ3v) is 3.05. The summed E-state index contributed by atoms with van der Waals surface area (Å²) < 4.78 is 0. The molecule has 0 aromatic rings. The van der Waals surface area contributed by atoms with Gasteiger partial charge in [0.25, 0.3) is 0 Å². The zero-order valence-corrected chi connectivity index (χ0v) is 10.5. The van der Waals surface area contributed by atoms with E-state index < -0.39 is 0 Å². The van der Waals surface area contributed by atoms with Crippen LogP contribution in [-0.2, 0) is 9.59 Å². The van der Waals surface area contributed by atoms with Gasteiger partial charge in [-0.25, -0.2) is 0 Å². The molecule has 92 valence electrons. The minimum Gasteiger partial charge on any atom is -0.340 e. The first-order valence-corrected chi connectivity index (χ1v) is 6.07. The second-order valence-electron chi connectivity index (χ2n) is 4.63. The average Bonchev–Trinajstić information content (AvgIpc) is 2.28. The standard InChI is InChI=1S/C12H22N2O2/c1-4-12(16)14-7-5-13(6-8-14)9-11(15)10(2)3/h10H,4-9H2,1-3H3. The Balaban J connectivity index is 2.32. The zero-order chi connectivity index (χ0) is 12.1. The molecule has 0 aromatic heterocycles. The van der Waals surface area contributed by atoms with Crippen LogP contribution in [0.4, 0.5) is 0 Å². The van der Waals surface area contributed by atoms with Gasteiger partial charge >= 0.3 is 0 Å². The molecule has 1 aliphatic heterocycles. The van der Waals surface area contributed by atoms with E-state index in [2.05, 4.69) is 4.90 Å². The molecule has 0 bridgehead atoms. The summed E-state index contributed by atoms with van der Waals surface area (Å²) in [7, 11) is 0. The molecule has 1 amide bonds. The number of piperazine rings is 1. The Kier molecular flexibility index (Phi) is 4.93. The fraction of sp³-hybridized carbons (Fsp3) is 0.833. The lowest BCUT2D eigenvalue weighted by molar-refractivity contribution is -0.133. The number of rotatable bonds is 4. The van der Waals surface area contributed by atoms with Crippen LogP contribution in [0.25, 0.3) is 0 Å². The van der Waals surface area contributed by atoms with Crippen molar-refractivity contribution in [3.05, 3.63) is 0 Å². The van der Waals surface area contributed by atoms with Gasteiger partial charge in [0, 0.05) is 38.5 Å². The summed E-state index contributed by atoms with van der Waals surface area (Å²) in [5, 5.41) is 0. The van der Waals surface area contributed by atoms with Crippen LogP contribution in [0.15, 0.2) is 0 Å². The second-order valence-corrected chi connectivity index (χ2v) is 4.63. The van der Waals surface area contributed by atoms with Crippen molar-refractivity contribution in [1.82, 2.24) is 9.80 Å². The summed E-state index contributed by atoms with van der Waals surface area (Å²) >= 11 is 0. The Hall–Kier alpha value is -0.900. The van der Waals surface area contributed by atoms with E-state index in [0.29, 0.717) is 13.0 Å². The van der Waals surface area contributed by atoms with Crippen molar-refractivity contribution >= 4 is 11.7 Å². The lowest BCUT2D eigenvalue weighted by atomic mass is 10.1. The molecule has 4 heteroatoms. The van der Waals surface area contributed by atoms with E-state index in [4.69, 9.17) is 0 Å². The zero-order valence-electron chi connectivity index (χ0n) is 10.5. The lowest BCUT2D eigenvalue weighted by Gasteiger charge is -2.34. The Labute approximate surface area is 97.6 Å². The molecule has 0 saturated carbocycles. The Morgan fingerprint density at radius 1 is 1.12 bits per heavy atom. The smallest absolute Gasteiger partial charge is 0.222 e. The summed E-state index contributed by atoms with van der Waals surface area (Å²) in [5.74, 6) is 0.611. The van der Waals surface area contributed by atoms with Gasteiger partial charge in [-0.2, -0.15) is 0 Å². The Morgan fingerprint density at radius 3 is 2.12 bits per heavy atom. The summed E-state index contributed by atoms with van der Waals surface area (Å²) in [5.41, 5.74) is 0. The Bertz CT molecular complexity index is 256. The van der Waals surface area contributed by atoms with Crippen LogP contribution in [-0.4, -0.2) is 54.2 Å². The van der Waals surface area contributed by atoms with E-state index >= 15 is 0 Å². The van der Waals surface area contributed by atoms with Gasteiger partial charge in [-0.1, -0.05) is 20.8 Å². The molecule has 0 aromatic carbocycles. The maximum Gasteiger partial charge on any atom is 0.222 e. The van der Waals surface area contributed by atoms with Crippen LogP contribution in [0.2, 0.25) is 0 Å². The maximum atomic E-state index is 11.6. The van der Waals surface area contributed by atoms with Gasteiger partial charge in [0.05, 0.1) is 6.54 Å². The first-order valence-electron chi connectivity index (χ1n) is 6.07. The van der Waals surface area contributed by atoms with Gasteiger partial charge in [0.15, 0.2) is 0 Å². The third kappa shape index (κ3) is 3.59. The van der Waals surface area contributed by atoms with Crippen LogP contribution in [0, 0.1) is 5.92 Å². The van der Waals surface area contributed by atoms with Crippen LogP contribution in [0.5, 0.6) is 0 Å². The fourth-order valence-electron chi connectivity index (χ4n) is 1.78. The number of carbonyl (C=O) groups excluding carboxylic acids is 2. The number of hydrogen-bond donors (Lipinski definition) is 0. The van der Waals surface area contributed by atoms with Crippen LogP contribution >= 0.6 is 0 Å². The summed E-state index contributed by atoms with van der Waals surface area (Å²) in [4.78, 5) is 27.0. The average molecular weight is 226 g/mol. The maximum absolute atomic E-state index is 11.6. The first kappa shape index (κ1) is 13.2. The minimum absolute atomic E-state index is 0.107. The number of hydrogen-bond acceptors (Lipinski definition) is 3. The highest BCUT2D eigenvalue weighted by Gasteiger charge is 2.21. The molecule has 4 nitrogen and oxygen atoms in total. The SMILES string of the molecule is CCC(=O)N1CCN(CC(=O)C(C)C)CC1. The van der Waals surface area contributed by atoms with E-state index in [0.717, 1.165) is 26.2 Å². The summed E-state index contributed by atoms with van der Waals surface area (Å²) in [6.07, 6.45) is 0.574. The third-order valence-electron chi connectivity index (χ3n) is 3.05. The number of ketones is 1. The second kappa shape index (κ2) is 5.99. The van der Waals surface area contributed by atoms with E-state index in [9.17, 15) is 9.59 Å². The molecule has 0 aliphatic carbocycles. The molecule has 0 spiro atoms. The molecule has 1 saturated heterocycles. The molecule has 1 fully saturated rings. The van der Waals surface area contributed by atoms with Crippen molar-refractivity contribution in [2.24, 2.45) is 5.92 Å². The molecule has 16 heavy (non-hydrogen) atoms. The highest BCUT2D eigenvalue weighted by atomic mass is 16.2. The molecular weight excluding hydrogens is 204 g/mol. The largest absolute Gasteiger partial charge is 0.340 e. The lowest BCUT2D eigenvalue weighted by Crippen LogP contribution is -2.50. The topological polar surface area (TPSA) is 40.6 Å². The Morgan fingerprint density at radius 2 is 1.69 bits per heavy atom. The molecule has 0 N–H and O–H groups in total. The molecule has 0 atom stereocenters. The van der Waals surface area contributed by atoms with Crippen molar-refractivity contribution in [2.45, 2.75) is 27.2 Å². The van der Waals surface area contributed by atoms with Gasteiger partial charge in [-0.05, 0) is 0 Å². The molecule has 1 aliphatic rings. The van der Waals surface area contributed by atoms with E-state index in [1.165, 1.54) is 0 Å². The van der Waals surface area contributed by atoms with Crippen LogP contribution < -0.4 is 0 Å². The number of carbonyl (C=O) groups is 2. The van der Waals surface area contributed by atoms with E-state index in [-0.39, 0.29) is 17.6 Å². The van der Waals surface area contributed by atoms with Gasteiger partial charge in [-0.3, -0.25) is 14.5 Å². The molecular formula is C12H22N2O2. The van der Waals surface area contributed by atoms with Gasteiger partial charge in [0.1, 0.15) is 5.78 Å². The van der Waals surface area contributed by atoms with E-state index in [1.807, 2.05) is 25.7 Å². The van der Waals surface area contributed by atoms with Gasteiger partial charge < -0.3 is 4.90 Å². The monoisotopic (exact) mass is 226 g/mol. The van der Waals surface area contributed by atoms with Crippen molar-refractivity contribution in [2.75, 3.05) is 32.7 Å².